The number of carbonyl (C=O) groups excluding carboxylic acids is 1. The zero-order valence-electron chi connectivity index (χ0n) is 7.87. The summed E-state index contributed by atoms with van der Waals surface area (Å²) in [6.45, 7) is 1.79. The number of hydrogen-bond acceptors (Lipinski definition) is 4. The van der Waals surface area contributed by atoms with Gasteiger partial charge in [-0.15, -0.1) is 11.3 Å². The summed E-state index contributed by atoms with van der Waals surface area (Å²) in [6.07, 6.45) is 1.68. The predicted octanol–water partition coefficient (Wildman–Crippen LogP) is 0.0635. The van der Waals surface area contributed by atoms with Gasteiger partial charge in [0.25, 0.3) is 5.91 Å². The van der Waals surface area contributed by atoms with Gasteiger partial charge in [0.05, 0.1) is 0 Å². The first-order valence-electron chi connectivity index (χ1n) is 4.13. The summed E-state index contributed by atoms with van der Waals surface area (Å²) in [4.78, 5) is 19.7. The Hall–Kier alpha value is -1.43. The zero-order valence-corrected chi connectivity index (χ0v) is 8.68. The molecule has 0 aromatic carbocycles. The summed E-state index contributed by atoms with van der Waals surface area (Å²) >= 11 is 1.45. The van der Waals surface area contributed by atoms with E-state index in [0.717, 1.165) is 5.01 Å². The second-order valence-electron chi connectivity index (χ2n) is 3.11. The Balaban J connectivity index is 2.38. The van der Waals surface area contributed by atoms with Gasteiger partial charge in [-0.05, 0) is 6.92 Å². The Morgan fingerprint density at radius 2 is 2.43 bits per heavy atom. The molecule has 2 rings (SSSR count). The van der Waals surface area contributed by atoms with Gasteiger partial charge >= 0.3 is 0 Å². The maximum Gasteiger partial charge on any atom is 0.259 e. The summed E-state index contributed by atoms with van der Waals surface area (Å²) in [6, 6.07) is 0. The molecule has 14 heavy (non-hydrogen) atoms. The summed E-state index contributed by atoms with van der Waals surface area (Å²) in [5.41, 5.74) is -0.775. The third-order valence-electron chi connectivity index (χ3n) is 2.14. The molecule has 1 aromatic heterocycles. The average Bonchev–Trinajstić information content (AvgIpc) is 2.76. The second-order valence-corrected chi connectivity index (χ2v) is 4.01. The molecule has 0 aliphatic carbocycles. The maximum absolute atomic E-state index is 11.7. The molecule has 1 fully saturated rings. The van der Waals surface area contributed by atoms with Crippen molar-refractivity contribution in [3.63, 3.8) is 0 Å². The monoisotopic (exact) mass is 210 g/mol. The Kier molecular flexibility index (Phi) is 1.99. The van der Waals surface area contributed by atoms with Crippen LogP contribution in [0.25, 0.3) is 0 Å². The molecule has 0 saturated carbocycles. The van der Waals surface area contributed by atoms with Crippen LogP contribution in [0.1, 0.15) is 11.9 Å². The van der Waals surface area contributed by atoms with E-state index in [4.69, 9.17) is 0 Å². The smallest absolute Gasteiger partial charge is 0.259 e. The van der Waals surface area contributed by atoms with Gasteiger partial charge in [0.1, 0.15) is 5.01 Å². The SMILES string of the molecule is CN=C1NC(=O)C(C)(c2nccs2)N1. The fourth-order valence-corrected chi connectivity index (χ4v) is 2.04. The van der Waals surface area contributed by atoms with Crippen LogP contribution in [-0.4, -0.2) is 23.9 Å². The highest BCUT2D eigenvalue weighted by Crippen LogP contribution is 2.25. The number of rotatable bonds is 1. The van der Waals surface area contributed by atoms with Gasteiger partial charge in [-0.2, -0.15) is 0 Å². The van der Waals surface area contributed by atoms with E-state index < -0.39 is 5.54 Å². The maximum atomic E-state index is 11.7. The lowest BCUT2D eigenvalue weighted by Gasteiger charge is -2.17. The minimum atomic E-state index is -0.775. The highest BCUT2D eigenvalue weighted by molar-refractivity contribution is 7.09. The molecular formula is C8H10N4OS. The Labute approximate surface area is 85.3 Å². The number of nitrogens with zero attached hydrogens (tertiary/aromatic N) is 2. The van der Waals surface area contributed by atoms with Crippen LogP contribution in [0.15, 0.2) is 16.6 Å². The summed E-state index contributed by atoms with van der Waals surface area (Å²) in [7, 11) is 1.62. The second kappa shape index (κ2) is 3.06. The van der Waals surface area contributed by atoms with E-state index in [9.17, 15) is 4.79 Å². The summed E-state index contributed by atoms with van der Waals surface area (Å²) in [5.74, 6) is 0.376. The van der Waals surface area contributed by atoms with Crippen LogP contribution >= 0.6 is 11.3 Å². The highest BCUT2D eigenvalue weighted by atomic mass is 32.1. The van der Waals surface area contributed by atoms with Crippen molar-refractivity contribution in [1.82, 2.24) is 15.6 Å². The summed E-state index contributed by atoms with van der Waals surface area (Å²) in [5, 5.41) is 8.24. The van der Waals surface area contributed by atoms with Gasteiger partial charge in [-0.3, -0.25) is 15.1 Å². The molecule has 1 aromatic rings. The fourth-order valence-electron chi connectivity index (χ4n) is 1.29. The molecular weight excluding hydrogens is 200 g/mol. The van der Waals surface area contributed by atoms with Crippen molar-refractivity contribution < 1.29 is 4.79 Å². The first-order valence-corrected chi connectivity index (χ1v) is 5.01. The highest BCUT2D eigenvalue weighted by Gasteiger charge is 2.44. The van der Waals surface area contributed by atoms with Gasteiger partial charge in [0.2, 0.25) is 0 Å². The molecule has 1 saturated heterocycles. The van der Waals surface area contributed by atoms with Crippen LogP contribution in [0.4, 0.5) is 0 Å². The summed E-state index contributed by atoms with van der Waals surface area (Å²) < 4.78 is 0. The van der Waals surface area contributed by atoms with Crippen molar-refractivity contribution >= 4 is 23.2 Å². The lowest BCUT2D eigenvalue weighted by atomic mass is 10.1. The van der Waals surface area contributed by atoms with Gasteiger partial charge in [0.15, 0.2) is 11.5 Å². The molecule has 6 heteroatoms. The minimum absolute atomic E-state index is 0.118. The number of aliphatic imine (C=N–C) groups is 1. The van der Waals surface area contributed by atoms with Crippen LogP contribution in [0.2, 0.25) is 0 Å². The number of amides is 1. The molecule has 1 atom stereocenters. The predicted molar refractivity (Wildman–Crippen MR) is 54.1 cm³/mol. The van der Waals surface area contributed by atoms with Gasteiger partial charge in [-0.25, -0.2) is 4.98 Å². The fraction of sp³-hybridized carbons (Fsp3) is 0.375. The third-order valence-corrected chi connectivity index (χ3v) is 3.13. The molecule has 1 aliphatic heterocycles. The van der Waals surface area contributed by atoms with Gasteiger partial charge in [0, 0.05) is 18.6 Å². The van der Waals surface area contributed by atoms with Crippen molar-refractivity contribution in [2.45, 2.75) is 12.5 Å². The number of nitrogens with one attached hydrogen (secondary N) is 2. The van der Waals surface area contributed by atoms with Crippen molar-refractivity contribution in [3.05, 3.63) is 16.6 Å². The molecule has 0 radical (unpaired) electrons. The third kappa shape index (κ3) is 1.19. The Morgan fingerprint density at radius 3 is 2.93 bits per heavy atom. The van der Waals surface area contributed by atoms with E-state index >= 15 is 0 Å². The normalized spacial score (nSPS) is 29.0. The quantitative estimate of drug-likeness (QED) is 0.689. The van der Waals surface area contributed by atoms with Crippen LogP contribution in [0.5, 0.6) is 0 Å². The number of aromatic nitrogens is 1. The van der Waals surface area contributed by atoms with E-state index in [1.165, 1.54) is 11.3 Å². The topological polar surface area (TPSA) is 66.4 Å². The van der Waals surface area contributed by atoms with Crippen LogP contribution in [-0.2, 0) is 10.3 Å². The first kappa shape index (κ1) is 9.14. The van der Waals surface area contributed by atoms with Crippen LogP contribution < -0.4 is 10.6 Å². The van der Waals surface area contributed by atoms with E-state index in [-0.39, 0.29) is 5.91 Å². The molecule has 1 aliphatic rings. The number of carbonyl (C=O) groups is 1. The molecule has 0 bridgehead atoms. The van der Waals surface area contributed by atoms with Crippen molar-refractivity contribution in [3.8, 4) is 0 Å². The van der Waals surface area contributed by atoms with Crippen LogP contribution in [0, 0.1) is 0 Å². The van der Waals surface area contributed by atoms with Gasteiger partial charge < -0.3 is 5.32 Å². The molecule has 1 unspecified atom stereocenters. The number of thiazole rings is 1. The average molecular weight is 210 g/mol. The standard InChI is InChI=1S/C8H10N4OS/c1-8(6-10-3-4-14-6)5(13)11-7(9-2)12-8/h3-4H,1-2H3,(H2,9,11,12,13). The molecule has 0 spiro atoms. The number of hydrogen-bond donors (Lipinski definition) is 2. The lowest BCUT2D eigenvalue weighted by molar-refractivity contribution is -0.123. The van der Waals surface area contributed by atoms with Crippen molar-refractivity contribution in [2.24, 2.45) is 4.99 Å². The Morgan fingerprint density at radius 1 is 1.64 bits per heavy atom. The molecule has 1 amide bonds. The van der Waals surface area contributed by atoms with Crippen molar-refractivity contribution in [2.75, 3.05) is 7.05 Å². The molecule has 74 valence electrons. The van der Waals surface area contributed by atoms with E-state index in [1.807, 2.05) is 5.38 Å². The van der Waals surface area contributed by atoms with E-state index in [0.29, 0.717) is 5.96 Å². The lowest BCUT2D eigenvalue weighted by Crippen LogP contribution is -2.40. The van der Waals surface area contributed by atoms with E-state index in [1.54, 1.807) is 20.2 Å². The minimum Gasteiger partial charge on any atom is -0.336 e. The molecule has 5 nitrogen and oxygen atoms in total. The zero-order chi connectivity index (χ0) is 10.2. The van der Waals surface area contributed by atoms with E-state index in [2.05, 4.69) is 20.6 Å². The number of guanidine groups is 1. The van der Waals surface area contributed by atoms with Crippen LogP contribution in [0.3, 0.4) is 0 Å². The van der Waals surface area contributed by atoms with Gasteiger partial charge in [-0.1, -0.05) is 0 Å². The molecule has 2 N–H and O–H groups in total. The molecule has 2 heterocycles. The Bertz CT molecular complexity index is 386. The largest absolute Gasteiger partial charge is 0.336 e. The van der Waals surface area contributed by atoms with Crippen molar-refractivity contribution in [1.29, 1.82) is 0 Å². The first-order chi connectivity index (χ1) is 6.66.